The maximum Gasteiger partial charge on any atom is 0.0701 e. The van der Waals surface area contributed by atoms with Gasteiger partial charge in [-0.25, -0.2) is 0 Å². The molecule has 1 unspecified atom stereocenters. The van der Waals surface area contributed by atoms with E-state index in [0.717, 1.165) is 18.2 Å². The largest absolute Gasteiger partial charge is 0.133 e. The maximum atomic E-state index is 3.65. The predicted molar refractivity (Wildman–Crippen MR) is 87.9 cm³/mol. The minimum Gasteiger partial charge on any atom is -0.133 e. The van der Waals surface area contributed by atoms with Crippen LogP contribution in [0.1, 0.15) is 16.0 Å². The Morgan fingerprint density at radius 3 is 2.61 bits per heavy atom. The first-order valence-electron chi connectivity index (χ1n) is 6.03. The normalized spacial score (nSPS) is 12.6. The summed E-state index contributed by atoms with van der Waals surface area (Å²) in [7, 11) is 0. The fourth-order valence-electron chi connectivity index (χ4n) is 2.10. The molecule has 3 heteroatoms. The van der Waals surface area contributed by atoms with E-state index in [4.69, 9.17) is 0 Å². The van der Waals surface area contributed by atoms with E-state index in [0.29, 0.717) is 5.92 Å². The number of hydrogen-bond acceptors (Lipinski definition) is 1. The second-order valence-electron chi connectivity index (χ2n) is 4.62. The van der Waals surface area contributed by atoms with E-state index in [-0.39, 0.29) is 0 Å². The first kappa shape index (κ1) is 14.3. The molecular formula is C15H16Br2S. The Kier molecular flexibility index (Phi) is 5.46. The zero-order chi connectivity index (χ0) is 13.0. The van der Waals surface area contributed by atoms with Crippen molar-refractivity contribution in [3.05, 3.63) is 56.2 Å². The molecule has 1 atom stereocenters. The predicted octanol–water partition coefficient (Wildman–Crippen LogP) is 5.62. The Bertz CT molecular complexity index is 505. The van der Waals surface area contributed by atoms with Gasteiger partial charge in [0.05, 0.1) is 3.79 Å². The third-order valence-corrected chi connectivity index (χ3v) is 5.51. The van der Waals surface area contributed by atoms with Gasteiger partial charge in [0.2, 0.25) is 0 Å². The first-order valence-corrected chi connectivity index (χ1v) is 8.76. The molecule has 96 valence electrons. The van der Waals surface area contributed by atoms with Crippen LogP contribution in [0.4, 0.5) is 0 Å². The van der Waals surface area contributed by atoms with E-state index in [9.17, 15) is 0 Å². The number of benzene rings is 1. The molecule has 0 spiro atoms. The van der Waals surface area contributed by atoms with Gasteiger partial charge in [-0.3, -0.25) is 0 Å². The van der Waals surface area contributed by atoms with Crippen LogP contribution in [0.2, 0.25) is 0 Å². The Morgan fingerprint density at radius 1 is 1.17 bits per heavy atom. The van der Waals surface area contributed by atoms with Crippen molar-refractivity contribution < 1.29 is 0 Å². The monoisotopic (exact) mass is 386 g/mol. The van der Waals surface area contributed by atoms with Crippen LogP contribution in [0.25, 0.3) is 0 Å². The Balaban J connectivity index is 2.01. The number of hydrogen-bond donors (Lipinski definition) is 0. The highest BCUT2D eigenvalue weighted by Gasteiger charge is 2.11. The Morgan fingerprint density at radius 2 is 2.00 bits per heavy atom. The molecule has 0 aliphatic carbocycles. The summed E-state index contributed by atoms with van der Waals surface area (Å²) < 4.78 is 1.22. The van der Waals surface area contributed by atoms with Crippen LogP contribution in [0.15, 0.2) is 40.2 Å². The smallest absolute Gasteiger partial charge is 0.0701 e. The summed E-state index contributed by atoms with van der Waals surface area (Å²) in [5.41, 5.74) is 2.79. The molecule has 0 amide bonds. The summed E-state index contributed by atoms with van der Waals surface area (Å²) in [5.74, 6) is 0.664. The first-order chi connectivity index (χ1) is 8.67. The lowest BCUT2D eigenvalue weighted by Gasteiger charge is -2.13. The highest BCUT2D eigenvalue weighted by molar-refractivity contribution is 9.11. The van der Waals surface area contributed by atoms with Gasteiger partial charge >= 0.3 is 0 Å². The summed E-state index contributed by atoms with van der Waals surface area (Å²) in [6.45, 7) is 2.16. The van der Waals surface area contributed by atoms with E-state index in [1.807, 2.05) is 11.3 Å². The summed E-state index contributed by atoms with van der Waals surface area (Å²) in [6.07, 6.45) is 2.29. The molecule has 0 radical (unpaired) electrons. The zero-order valence-electron chi connectivity index (χ0n) is 10.3. The molecule has 1 aromatic heterocycles. The van der Waals surface area contributed by atoms with Gasteiger partial charge in [0.1, 0.15) is 0 Å². The second kappa shape index (κ2) is 6.88. The molecule has 0 aliphatic rings. The summed E-state index contributed by atoms with van der Waals surface area (Å²) in [6, 6.07) is 13.2. The number of thiophene rings is 1. The third kappa shape index (κ3) is 4.22. The second-order valence-corrected chi connectivity index (χ2v) is 7.82. The summed E-state index contributed by atoms with van der Waals surface area (Å²) in [4.78, 5) is 1.46. The van der Waals surface area contributed by atoms with Crippen LogP contribution in [0.5, 0.6) is 0 Å². The highest BCUT2D eigenvalue weighted by atomic mass is 79.9. The molecule has 2 rings (SSSR count). The number of rotatable bonds is 5. The van der Waals surface area contributed by atoms with Gasteiger partial charge in [0.15, 0.2) is 0 Å². The van der Waals surface area contributed by atoms with Gasteiger partial charge in [-0.2, -0.15) is 0 Å². The quantitative estimate of drug-likeness (QED) is 0.584. The molecule has 0 aliphatic heterocycles. The van der Waals surface area contributed by atoms with Gasteiger partial charge < -0.3 is 0 Å². The minimum atomic E-state index is 0.664. The van der Waals surface area contributed by atoms with Crippen molar-refractivity contribution in [2.24, 2.45) is 5.92 Å². The van der Waals surface area contributed by atoms with Crippen LogP contribution in [-0.4, -0.2) is 5.33 Å². The Labute approximate surface area is 130 Å². The average molecular weight is 388 g/mol. The molecule has 0 bridgehead atoms. The molecule has 0 N–H and O–H groups in total. The van der Waals surface area contributed by atoms with Gasteiger partial charge in [0, 0.05) is 10.2 Å². The van der Waals surface area contributed by atoms with Gasteiger partial charge in [-0.15, -0.1) is 11.3 Å². The molecular weight excluding hydrogens is 372 g/mol. The molecule has 1 aromatic carbocycles. The zero-order valence-corrected chi connectivity index (χ0v) is 14.3. The molecule has 0 saturated heterocycles. The average Bonchev–Trinajstić information content (AvgIpc) is 2.74. The Hall–Kier alpha value is -0.120. The molecule has 2 aromatic rings. The fraction of sp³-hybridized carbons (Fsp3) is 0.333. The van der Waals surface area contributed by atoms with E-state index < -0.39 is 0 Å². The van der Waals surface area contributed by atoms with Crippen molar-refractivity contribution in [3.63, 3.8) is 0 Å². The molecule has 1 heterocycles. The molecule has 0 saturated carbocycles. The topological polar surface area (TPSA) is 0 Å². The summed E-state index contributed by atoms with van der Waals surface area (Å²) >= 11 is 9.02. The number of halogens is 2. The number of alkyl halides is 1. The molecule has 0 fully saturated rings. The molecule has 18 heavy (non-hydrogen) atoms. The lowest BCUT2D eigenvalue weighted by molar-refractivity contribution is 0.596. The van der Waals surface area contributed by atoms with Gasteiger partial charge in [-0.05, 0) is 59.3 Å². The van der Waals surface area contributed by atoms with Crippen LogP contribution in [0, 0.1) is 12.8 Å². The highest BCUT2D eigenvalue weighted by Crippen LogP contribution is 2.26. The van der Waals surface area contributed by atoms with Crippen molar-refractivity contribution >= 4 is 43.2 Å². The summed E-state index contributed by atoms with van der Waals surface area (Å²) in [5, 5.41) is 1.05. The SMILES string of the molecule is Cc1cccc(CC(CBr)Cc2ccc(Br)s2)c1. The standard InChI is InChI=1S/C15H16Br2S/c1-11-3-2-4-12(7-11)8-13(10-16)9-14-5-6-15(17)18-14/h2-7,13H,8-10H2,1H3. The van der Waals surface area contributed by atoms with Crippen LogP contribution in [0.3, 0.4) is 0 Å². The lowest BCUT2D eigenvalue weighted by Crippen LogP contribution is -2.09. The maximum absolute atomic E-state index is 3.65. The van der Waals surface area contributed by atoms with Gasteiger partial charge in [0.25, 0.3) is 0 Å². The van der Waals surface area contributed by atoms with Crippen LogP contribution >= 0.6 is 43.2 Å². The van der Waals surface area contributed by atoms with E-state index in [2.05, 4.69) is 75.2 Å². The van der Waals surface area contributed by atoms with E-state index >= 15 is 0 Å². The van der Waals surface area contributed by atoms with E-state index in [1.165, 1.54) is 19.8 Å². The van der Waals surface area contributed by atoms with Crippen molar-refractivity contribution in [1.29, 1.82) is 0 Å². The number of aryl methyl sites for hydroxylation is 1. The van der Waals surface area contributed by atoms with Crippen molar-refractivity contribution in [2.45, 2.75) is 19.8 Å². The van der Waals surface area contributed by atoms with E-state index in [1.54, 1.807) is 0 Å². The fourth-order valence-corrected chi connectivity index (χ4v) is 4.16. The lowest BCUT2D eigenvalue weighted by atomic mass is 9.96. The van der Waals surface area contributed by atoms with Gasteiger partial charge in [-0.1, -0.05) is 45.8 Å². The minimum absolute atomic E-state index is 0.664. The van der Waals surface area contributed by atoms with Crippen molar-refractivity contribution in [2.75, 3.05) is 5.33 Å². The van der Waals surface area contributed by atoms with Crippen LogP contribution in [-0.2, 0) is 12.8 Å². The van der Waals surface area contributed by atoms with Crippen molar-refractivity contribution in [1.82, 2.24) is 0 Å². The third-order valence-electron chi connectivity index (χ3n) is 2.94. The molecule has 0 nitrogen and oxygen atoms in total. The van der Waals surface area contributed by atoms with Crippen molar-refractivity contribution in [3.8, 4) is 0 Å². The van der Waals surface area contributed by atoms with Crippen LogP contribution < -0.4 is 0 Å².